The molecule has 3 N–H and O–H groups in total. The van der Waals surface area contributed by atoms with Crippen LogP contribution in [0.25, 0.3) is 0 Å². The topological polar surface area (TPSA) is 237 Å². The highest BCUT2D eigenvalue weighted by atomic mass is 31.2. The molecule has 17 nitrogen and oxygen atoms in total. The maximum Gasteiger partial charge on any atom is 0.472 e. The fourth-order valence-corrected chi connectivity index (χ4v) is 11.9. The van der Waals surface area contributed by atoms with Crippen molar-refractivity contribution < 1.29 is 80.2 Å². The Labute approximate surface area is 537 Å². The van der Waals surface area contributed by atoms with Gasteiger partial charge < -0.3 is 33.8 Å². The van der Waals surface area contributed by atoms with Crippen molar-refractivity contribution in [3.63, 3.8) is 0 Å². The van der Waals surface area contributed by atoms with E-state index in [0.717, 1.165) is 108 Å². The minimum absolute atomic E-state index is 0.102. The molecule has 19 heteroatoms. The minimum atomic E-state index is -4.95. The Morgan fingerprint density at radius 2 is 0.477 bits per heavy atom. The van der Waals surface area contributed by atoms with E-state index in [4.69, 9.17) is 37.0 Å². The Bertz CT molecular complexity index is 1750. The molecule has 0 heterocycles. The first kappa shape index (κ1) is 86.1. The van der Waals surface area contributed by atoms with E-state index in [-0.39, 0.29) is 25.7 Å². The highest BCUT2D eigenvalue weighted by molar-refractivity contribution is 7.47. The third-order valence-corrected chi connectivity index (χ3v) is 17.7. The van der Waals surface area contributed by atoms with E-state index >= 15 is 0 Å². The van der Waals surface area contributed by atoms with Gasteiger partial charge in [-0.2, -0.15) is 0 Å². The molecule has 0 spiro atoms. The fraction of sp³-hybridized carbons (Fsp3) is 0.942. The molecule has 522 valence electrons. The predicted molar refractivity (Wildman–Crippen MR) is 354 cm³/mol. The molecule has 0 saturated heterocycles. The number of aliphatic hydroxyl groups is 1. The minimum Gasteiger partial charge on any atom is -0.462 e. The van der Waals surface area contributed by atoms with Gasteiger partial charge in [-0.1, -0.05) is 287 Å². The second-order valence-corrected chi connectivity index (χ2v) is 29.7. The standard InChI is InChI=1S/C69H134O17P2/c1-59(2)45-37-29-21-16-14-12-10-9-11-13-15-17-24-33-41-49-66(71)79-55-64(85-68(73)51-43-35-25-19-18-22-30-38-46-60(3)4)57-83-87(75,76)81-53-63(70)54-82-88(77,78)84-58-65(56-80-67(72)50-42-34-28-27-32-40-48-62(7)8)86-69(74)52-44-36-26-20-23-31-39-47-61(5)6/h59-65,70H,9-58H2,1-8H3,(H,75,76)(H,77,78)/t63-,64-,65-/m1/s1. The first-order valence-electron chi connectivity index (χ1n) is 35.7. The van der Waals surface area contributed by atoms with Gasteiger partial charge in [-0.3, -0.25) is 37.3 Å². The van der Waals surface area contributed by atoms with E-state index in [1.54, 1.807) is 0 Å². The number of rotatable bonds is 66. The quantitative estimate of drug-likeness (QED) is 0.0222. The Balaban J connectivity index is 5.18. The maximum atomic E-state index is 13.0. The molecule has 0 aliphatic heterocycles. The number of phosphoric acid groups is 2. The summed E-state index contributed by atoms with van der Waals surface area (Å²) in [4.78, 5) is 72.4. The van der Waals surface area contributed by atoms with Crippen LogP contribution in [0.1, 0.15) is 338 Å². The number of unbranched alkanes of at least 4 members (excludes halogenated alkanes) is 32. The largest absolute Gasteiger partial charge is 0.472 e. The summed E-state index contributed by atoms with van der Waals surface area (Å²) in [5, 5.41) is 10.6. The average molecular weight is 1300 g/mol. The van der Waals surface area contributed by atoms with Gasteiger partial charge in [-0.25, -0.2) is 9.13 Å². The molecule has 2 unspecified atom stereocenters. The number of aliphatic hydroxyl groups excluding tert-OH is 1. The number of esters is 4. The van der Waals surface area contributed by atoms with Gasteiger partial charge in [0, 0.05) is 25.7 Å². The molecule has 0 aliphatic rings. The van der Waals surface area contributed by atoms with Gasteiger partial charge in [0.15, 0.2) is 12.2 Å². The van der Waals surface area contributed by atoms with Crippen LogP contribution in [-0.2, 0) is 65.4 Å². The summed E-state index contributed by atoms with van der Waals surface area (Å²) in [6.07, 6.45) is 40.7. The van der Waals surface area contributed by atoms with Gasteiger partial charge in [0.2, 0.25) is 0 Å². The van der Waals surface area contributed by atoms with Crippen LogP contribution in [0.3, 0.4) is 0 Å². The van der Waals surface area contributed by atoms with Gasteiger partial charge in [0.25, 0.3) is 0 Å². The Morgan fingerprint density at radius 1 is 0.284 bits per heavy atom. The smallest absolute Gasteiger partial charge is 0.462 e. The van der Waals surface area contributed by atoms with Crippen LogP contribution in [0.15, 0.2) is 0 Å². The molecule has 0 aromatic carbocycles. The molecule has 88 heavy (non-hydrogen) atoms. The van der Waals surface area contributed by atoms with Crippen molar-refractivity contribution in [3.8, 4) is 0 Å². The third kappa shape index (κ3) is 62.8. The SMILES string of the molecule is CC(C)CCCCCCCCCCCCCCCCCC(=O)OC[C@H](COP(=O)(O)OC[C@@H](O)COP(=O)(O)OC[C@@H](COC(=O)CCCCCCCCC(C)C)OC(=O)CCCCCCCCCC(C)C)OC(=O)CCCCCCCCCCC(C)C. The molecule has 0 aromatic rings. The third-order valence-electron chi connectivity index (χ3n) is 15.8. The summed E-state index contributed by atoms with van der Waals surface area (Å²) in [6.45, 7) is 14.0. The van der Waals surface area contributed by atoms with E-state index in [0.29, 0.717) is 37.5 Å². The summed E-state index contributed by atoms with van der Waals surface area (Å²) in [7, 11) is -9.90. The molecule has 0 aliphatic carbocycles. The van der Waals surface area contributed by atoms with Gasteiger partial charge in [-0.15, -0.1) is 0 Å². The zero-order chi connectivity index (χ0) is 65.4. The van der Waals surface area contributed by atoms with Crippen molar-refractivity contribution in [1.82, 2.24) is 0 Å². The number of phosphoric ester groups is 2. The predicted octanol–water partition coefficient (Wildman–Crippen LogP) is 19.3. The number of carbonyl (C=O) groups excluding carboxylic acids is 4. The highest BCUT2D eigenvalue weighted by Crippen LogP contribution is 2.45. The monoisotopic (exact) mass is 1300 g/mol. The fourth-order valence-electron chi connectivity index (χ4n) is 10.3. The van der Waals surface area contributed by atoms with Crippen LogP contribution in [0.2, 0.25) is 0 Å². The van der Waals surface area contributed by atoms with Crippen LogP contribution in [0.4, 0.5) is 0 Å². The first-order chi connectivity index (χ1) is 42.1. The Morgan fingerprint density at radius 3 is 0.705 bits per heavy atom. The lowest BCUT2D eigenvalue weighted by molar-refractivity contribution is -0.161. The summed E-state index contributed by atoms with van der Waals surface area (Å²) < 4.78 is 68.1. The lowest BCUT2D eigenvalue weighted by Gasteiger charge is -2.21. The van der Waals surface area contributed by atoms with Crippen molar-refractivity contribution in [2.45, 2.75) is 356 Å². The molecule has 0 saturated carbocycles. The van der Waals surface area contributed by atoms with E-state index < -0.39 is 97.5 Å². The van der Waals surface area contributed by atoms with Crippen molar-refractivity contribution in [2.24, 2.45) is 23.7 Å². The van der Waals surface area contributed by atoms with Crippen LogP contribution in [0.5, 0.6) is 0 Å². The molecule has 0 aromatic heterocycles. The molecule has 0 amide bonds. The Kier molecular flexibility index (Phi) is 57.6. The molecular weight excluding hydrogens is 1160 g/mol. The van der Waals surface area contributed by atoms with Crippen LogP contribution in [-0.4, -0.2) is 96.7 Å². The number of hydrogen-bond acceptors (Lipinski definition) is 15. The average Bonchev–Trinajstić information content (AvgIpc) is 3.32. The maximum absolute atomic E-state index is 13.0. The summed E-state index contributed by atoms with van der Waals surface area (Å²) in [5.74, 6) is 0.763. The second-order valence-electron chi connectivity index (χ2n) is 26.8. The number of ether oxygens (including phenoxy) is 4. The van der Waals surface area contributed by atoms with Crippen molar-refractivity contribution >= 4 is 39.5 Å². The molecule has 0 bridgehead atoms. The summed E-state index contributed by atoms with van der Waals surface area (Å²) in [6, 6.07) is 0. The van der Waals surface area contributed by atoms with Crippen molar-refractivity contribution in [2.75, 3.05) is 39.6 Å². The second kappa shape index (κ2) is 58.8. The first-order valence-corrected chi connectivity index (χ1v) is 38.7. The lowest BCUT2D eigenvalue weighted by atomic mass is 10.0. The van der Waals surface area contributed by atoms with E-state index in [1.165, 1.54) is 135 Å². The number of carbonyl (C=O) groups is 4. The van der Waals surface area contributed by atoms with Gasteiger partial charge in [0.1, 0.15) is 19.3 Å². The van der Waals surface area contributed by atoms with E-state index in [9.17, 15) is 43.2 Å². The normalized spacial score (nSPS) is 14.3. The highest BCUT2D eigenvalue weighted by Gasteiger charge is 2.30. The zero-order valence-electron chi connectivity index (χ0n) is 57.3. The number of hydrogen-bond donors (Lipinski definition) is 3. The zero-order valence-corrected chi connectivity index (χ0v) is 59.1. The van der Waals surface area contributed by atoms with E-state index in [1.807, 2.05) is 0 Å². The molecule has 0 fully saturated rings. The van der Waals surface area contributed by atoms with Gasteiger partial charge in [0.05, 0.1) is 26.4 Å². The van der Waals surface area contributed by atoms with Gasteiger partial charge >= 0.3 is 39.5 Å². The molecule has 0 radical (unpaired) electrons. The van der Waals surface area contributed by atoms with Gasteiger partial charge in [-0.05, 0) is 49.4 Å². The van der Waals surface area contributed by atoms with Crippen LogP contribution in [0, 0.1) is 23.7 Å². The van der Waals surface area contributed by atoms with Crippen LogP contribution < -0.4 is 0 Å². The lowest BCUT2D eigenvalue weighted by Crippen LogP contribution is -2.30. The molecule has 5 atom stereocenters. The van der Waals surface area contributed by atoms with Crippen molar-refractivity contribution in [3.05, 3.63) is 0 Å². The molecule has 0 rings (SSSR count). The van der Waals surface area contributed by atoms with Crippen LogP contribution >= 0.6 is 15.6 Å². The Hall–Kier alpha value is -1.94. The van der Waals surface area contributed by atoms with Crippen molar-refractivity contribution in [1.29, 1.82) is 0 Å². The van der Waals surface area contributed by atoms with E-state index in [2.05, 4.69) is 55.4 Å². The summed E-state index contributed by atoms with van der Waals surface area (Å²) in [5.41, 5.74) is 0. The molecular formula is C69H134O17P2. The summed E-state index contributed by atoms with van der Waals surface area (Å²) >= 11 is 0.